The number of carbonyl (C=O) groups is 2. The molecule has 0 spiro atoms. The maximum atomic E-state index is 12.2. The van der Waals surface area contributed by atoms with Crippen molar-refractivity contribution in [3.63, 3.8) is 0 Å². The van der Waals surface area contributed by atoms with Crippen LogP contribution in [0.3, 0.4) is 0 Å². The molecule has 0 heterocycles. The van der Waals surface area contributed by atoms with E-state index in [1.165, 1.54) is 0 Å². The molecule has 0 saturated heterocycles. The summed E-state index contributed by atoms with van der Waals surface area (Å²) in [6, 6.07) is 0. The van der Waals surface area contributed by atoms with Crippen molar-refractivity contribution < 1.29 is 24.2 Å². The summed E-state index contributed by atoms with van der Waals surface area (Å²) < 4.78 is 10.5. The second-order valence-corrected chi connectivity index (χ2v) is 12.9. The van der Waals surface area contributed by atoms with Gasteiger partial charge in [-0.15, -0.1) is 0 Å². The molecule has 0 amide bonds. The van der Waals surface area contributed by atoms with Gasteiger partial charge in [-0.3, -0.25) is 9.59 Å². The molecular weight excluding hydrogens is 693 g/mol. The van der Waals surface area contributed by atoms with Gasteiger partial charge in [0.05, 0.1) is 6.61 Å². The van der Waals surface area contributed by atoms with Crippen LogP contribution < -0.4 is 0 Å². The molecular formula is C51H74O5. The topological polar surface area (TPSA) is 72.8 Å². The molecule has 0 bridgehead atoms. The van der Waals surface area contributed by atoms with Crippen LogP contribution in [0.5, 0.6) is 0 Å². The van der Waals surface area contributed by atoms with Crippen LogP contribution in [0.15, 0.2) is 158 Å². The quantitative estimate of drug-likeness (QED) is 0.0395. The van der Waals surface area contributed by atoms with Crippen LogP contribution in [-0.4, -0.2) is 36.4 Å². The van der Waals surface area contributed by atoms with Gasteiger partial charge in [0, 0.05) is 12.8 Å². The molecule has 5 heteroatoms. The molecule has 1 N–H and O–H groups in total. The highest BCUT2D eigenvalue weighted by Gasteiger charge is 2.15. The molecule has 0 saturated carbocycles. The second kappa shape index (κ2) is 44.9. The van der Waals surface area contributed by atoms with E-state index in [9.17, 15) is 14.7 Å². The highest BCUT2D eigenvalue weighted by molar-refractivity contribution is 5.70. The van der Waals surface area contributed by atoms with Crippen molar-refractivity contribution in [1.29, 1.82) is 0 Å². The predicted molar refractivity (Wildman–Crippen MR) is 241 cm³/mol. The van der Waals surface area contributed by atoms with Crippen LogP contribution in [0.25, 0.3) is 0 Å². The summed E-state index contributed by atoms with van der Waals surface area (Å²) in [5.41, 5.74) is 0. The summed E-state index contributed by atoms with van der Waals surface area (Å²) in [4.78, 5) is 24.2. The van der Waals surface area contributed by atoms with Crippen molar-refractivity contribution in [2.45, 2.75) is 136 Å². The normalized spacial score (nSPS) is 13.8. The molecule has 0 aromatic heterocycles. The van der Waals surface area contributed by atoms with Crippen LogP contribution in [-0.2, 0) is 19.1 Å². The molecule has 0 radical (unpaired) electrons. The number of ether oxygens (including phenoxy) is 2. The van der Waals surface area contributed by atoms with Gasteiger partial charge < -0.3 is 14.6 Å². The summed E-state index contributed by atoms with van der Waals surface area (Å²) in [7, 11) is 0. The SMILES string of the molecule is CC/C=C\C/C=C\C/C=C\C/C=C\C/C=C\C/C=C\C/C=C\C/C=C\C/C=C\CCCC(=O)OC(CO)COC(=O)CC/C=C\C/C=C\C/C=C\C/C=C\CC. The van der Waals surface area contributed by atoms with Gasteiger partial charge in [-0.1, -0.05) is 172 Å². The molecule has 5 nitrogen and oxygen atoms in total. The second-order valence-electron chi connectivity index (χ2n) is 12.9. The van der Waals surface area contributed by atoms with Gasteiger partial charge in [0.25, 0.3) is 0 Å². The fourth-order valence-corrected chi connectivity index (χ4v) is 4.74. The van der Waals surface area contributed by atoms with Crippen LogP contribution in [0.1, 0.15) is 129 Å². The number of allylic oxidation sites excluding steroid dienone is 26. The van der Waals surface area contributed by atoms with E-state index >= 15 is 0 Å². The summed E-state index contributed by atoms with van der Waals surface area (Å²) in [5, 5.41) is 9.54. The first-order chi connectivity index (χ1) is 27.6. The standard InChI is InChI=1S/C51H74O5/c1-3-5-7-9-11-13-15-17-18-19-20-21-22-23-24-25-26-27-28-29-30-31-32-34-36-38-40-42-44-46-51(54)56-49(47-52)48-55-50(53)45-43-41-39-37-35-33-16-14-12-10-8-6-4-2/h5-8,11-14,17-18,20-21,23-24,26-27,29-30,32-35,38-41,49,52H,3-4,9-10,15-16,19,22,25,28,31,36-37,42-48H2,1-2H3/b7-5-,8-6-,13-11-,14-12-,18-17-,21-20-,24-23-,27-26-,30-29-,34-32-,35-33-,40-38-,41-39-. The zero-order chi connectivity index (χ0) is 40.7. The van der Waals surface area contributed by atoms with Gasteiger partial charge in [-0.05, 0) is 103 Å². The molecule has 0 rings (SSSR count). The maximum Gasteiger partial charge on any atom is 0.306 e. The Morgan fingerprint density at radius 2 is 0.714 bits per heavy atom. The minimum absolute atomic E-state index is 0.140. The molecule has 0 aromatic rings. The van der Waals surface area contributed by atoms with Crippen molar-refractivity contribution in [1.82, 2.24) is 0 Å². The third-order valence-electron chi connectivity index (χ3n) is 7.83. The summed E-state index contributed by atoms with van der Waals surface area (Å²) in [6.45, 7) is 3.76. The lowest BCUT2D eigenvalue weighted by molar-refractivity contribution is -0.161. The van der Waals surface area contributed by atoms with E-state index in [-0.39, 0.29) is 32.0 Å². The van der Waals surface area contributed by atoms with Gasteiger partial charge in [0.15, 0.2) is 6.10 Å². The molecule has 0 aromatic carbocycles. The molecule has 1 unspecified atom stereocenters. The number of esters is 2. The molecule has 0 fully saturated rings. The van der Waals surface area contributed by atoms with E-state index in [2.05, 4.69) is 160 Å². The lowest BCUT2D eigenvalue weighted by atomic mass is 10.2. The minimum atomic E-state index is -0.843. The fraction of sp³-hybridized carbons (Fsp3) is 0.451. The number of hydrogen-bond donors (Lipinski definition) is 1. The lowest BCUT2D eigenvalue weighted by Gasteiger charge is -2.15. The highest BCUT2D eigenvalue weighted by Crippen LogP contribution is 2.05. The van der Waals surface area contributed by atoms with Gasteiger partial charge in [-0.2, -0.15) is 0 Å². The molecule has 0 aliphatic heterocycles. The largest absolute Gasteiger partial charge is 0.462 e. The predicted octanol–water partition coefficient (Wildman–Crippen LogP) is 13.7. The minimum Gasteiger partial charge on any atom is -0.462 e. The number of aliphatic hydroxyl groups excluding tert-OH is 1. The van der Waals surface area contributed by atoms with Crippen molar-refractivity contribution in [3.8, 4) is 0 Å². The monoisotopic (exact) mass is 767 g/mol. The van der Waals surface area contributed by atoms with E-state index < -0.39 is 12.1 Å². The fourth-order valence-electron chi connectivity index (χ4n) is 4.74. The Balaban J connectivity index is 3.82. The first-order valence-electron chi connectivity index (χ1n) is 21.0. The van der Waals surface area contributed by atoms with Gasteiger partial charge in [0.1, 0.15) is 6.61 Å². The number of hydrogen-bond acceptors (Lipinski definition) is 5. The Morgan fingerprint density at radius 1 is 0.411 bits per heavy atom. The lowest BCUT2D eigenvalue weighted by Crippen LogP contribution is -2.28. The number of rotatable bonds is 35. The molecule has 0 aliphatic rings. The Bertz CT molecular complexity index is 1330. The summed E-state index contributed by atoms with van der Waals surface area (Å²) in [6.07, 6.45) is 70.5. The average molecular weight is 767 g/mol. The number of aliphatic hydroxyl groups is 1. The number of unbranched alkanes of at least 4 members (excludes halogenated alkanes) is 1. The molecule has 0 aliphatic carbocycles. The van der Waals surface area contributed by atoms with Crippen molar-refractivity contribution >= 4 is 11.9 Å². The Morgan fingerprint density at radius 3 is 1.04 bits per heavy atom. The van der Waals surface area contributed by atoms with E-state index in [0.29, 0.717) is 12.8 Å². The molecule has 1 atom stereocenters. The smallest absolute Gasteiger partial charge is 0.306 e. The highest BCUT2D eigenvalue weighted by atomic mass is 16.6. The summed E-state index contributed by atoms with van der Waals surface area (Å²) >= 11 is 0. The van der Waals surface area contributed by atoms with E-state index in [1.54, 1.807) is 0 Å². The van der Waals surface area contributed by atoms with Crippen LogP contribution in [0, 0.1) is 0 Å². The third-order valence-corrected chi connectivity index (χ3v) is 7.83. The van der Waals surface area contributed by atoms with Gasteiger partial charge in [0.2, 0.25) is 0 Å². The molecule has 308 valence electrons. The molecule has 56 heavy (non-hydrogen) atoms. The Labute approximate surface area is 341 Å². The van der Waals surface area contributed by atoms with Crippen molar-refractivity contribution in [3.05, 3.63) is 158 Å². The zero-order valence-corrected chi connectivity index (χ0v) is 34.8. The van der Waals surface area contributed by atoms with Gasteiger partial charge >= 0.3 is 11.9 Å². The zero-order valence-electron chi connectivity index (χ0n) is 34.8. The van der Waals surface area contributed by atoms with Crippen molar-refractivity contribution in [2.75, 3.05) is 13.2 Å². The Kier molecular flexibility index (Phi) is 41.3. The van der Waals surface area contributed by atoms with Crippen LogP contribution in [0.4, 0.5) is 0 Å². The first-order valence-corrected chi connectivity index (χ1v) is 21.0. The van der Waals surface area contributed by atoms with Crippen molar-refractivity contribution in [2.24, 2.45) is 0 Å². The number of carbonyl (C=O) groups excluding carboxylic acids is 2. The maximum absolute atomic E-state index is 12.2. The van der Waals surface area contributed by atoms with E-state index in [1.807, 2.05) is 12.2 Å². The Hall–Kier alpha value is -4.48. The average Bonchev–Trinajstić information content (AvgIpc) is 3.20. The first kappa shape index (κ1) is 51.5. The summed E-state index contributed by atoms with van der Waals surface area (Å²) in [5.74, 6) is -0.776. The van der Waals surface area contributed by atoms with E-state index in [4.69, 9.17) is 9.47 Å². The third kappa shape index (κ3) is 42.3. The van der Waals surface area contributed by atoms with Gasteiger partial charge in [-0.25, -0.2) is 0 Å². The van der Waals surface area contributed by atoms with Crippen LogP contribution >= 0.6 is 0 Å². The van der Waals surface area contributed by atoms with Crippen LogP contribution in [0.2, 0.25) is 0 Å². The van der Waals surface area contributed by atoms with E-state index in [0.717, 1.165) is 89.9 Å².